The van der Waals surface area contributed by atoms with E-state index < -0.39 is 0 Å². The van der Waals surface area contributed by atoms with Crippen molar-refractivity contribution < 1.29 is 0 Å². The molecule has 0 saturated heterocycles. The molecule has 72 valence electrons. The Bertz CT molecular complexity index is 497. The SMILES string of the molecule is Cc1[nH]c2ccc(C3CC3)nc2c1Br. The molecule has 2 aromatic heterocycles. The molecule has 2 heterocycles. The normalized spacial score (nSPS) is 16.4. The van der Waals surface area contributed by atoms with Gasteiger partial charge in [-0.2, -0.15) is 0 Å². The quantitative estimate of drug-likeness (QED) is 0.825. The fourth-order valence-electron chi connectivity index (χ4n) is 1.78. The number of nitrogens with one attached hydrogen (secondary N) is 1. The van der Waals surface area contributed by atoms with Crippen LogP contribution in [0.1, 0.15) is 30.1 Å². The van der Waals surface area contributed by atoms with Crippen LogP contribution in [0.3, 0.4) is 0 Å². The molecule has 3 heteroatoms. The van der Waals surface area contributed by atoms with Gasteiger partial charge in [-0.1, -0.05) is 0 Å². The molecular weight excluding hydrogens is 240 g/mol. The van der Waals surface area contributed by atoms with Crippen molar-refractivity contribution in [1.29, 1.82) is 0 Å². The predicted molar refractivity (Wildman–Crippen MR) is 60.5 cm³/mol. The predicted octanol–water partition coefficient (Wildman–Crippen LogP) is 3.51. The van der Waals surface area contributed by atoms with Gasteiger partial charge in [-0.05, 0) is 47.8 Å². The van der Waals surface area contributed by atoms with Crippen molar-refractivity contribution in [2.75, 3.05) is 0 Å². The van der Waals surface area contributed by atoms with Crippen molar-refractivity contribution in [2.45, 2.75) is 25.7 Å². The molecule has 0 aromatic carbocycles. The highest BCUT2D eigenvalue weighted by Gasteiger charge is 2.25. The maximum atomic E-state index is 4.68. The summed E-state index contributed by atoms with van der Waals surface area (Å²) in [4.78, 5) is 7.98. The summed E-state index contributed by atoms with van der Waals surface area (Å²) in [6.45, 7) is 2.06. The third-order valence-electron chi connectivity index (χ3n) is 2.77. The molecular formula is C11H11BrN2. The third-order valence-corrected chi connectivity index (χ3v) is 3.74. The number of H-pyrrole nitrogens is 1. The summed E-state index contributed by atoms with van der Waals surface area (Å²) in [5, 5.41) is 0. The summed E-state index contributed by atoms with van der Waals surface area (Å²) in [7, 11) is 0. The molecule has 14 heavy (non-hydrogen) atoms. The molecule has 0 spiro atoms. The Morgan fingerprint density at radius 3 is 2.93 bits per heavy atom. The first-order valence-electron chi connectivity index (χ1n) is 4.90. The zero-order valence-electron chi connectivity index (χ0n) is 7.97. The molecule has 0 bridgehead atoms. The van der Waals surface area contributed by atoms with Crippen molar-refractivity contribution in [3.63, 3.8) is 0 Å². The molecule has 0 radical (unpaired) electrons. The standard InChI is InChI=1S/C11H11BrN2/c1-6-10(12)11-9(13-6)5-4-8(14-11)7-2-3-7/h4-5,7,13H,2-3H2,1H3. The van der Waals surface area contributed by atoms with E-state index in [0.717, 1.165) is 27.1 Å². The molecule has 1 fully saturated rings. The van der Waals surface area contributed by atoms with Crippen molar-refractivity contribution in [1.82, 2.24) is 9.97 Å². The topological polar surface area (TPSA) is 28.7 Å². The van der Waals surface area contributed by atoms with E-state index in [4.69, 9.17) is 0 Å². The van der Waals surface area contributed by atoms with Crippen LogP contribution in [0.15, 0.2) is 16.6 Å². The van der Waals surface area contributed by atoms with Crippen molar-refractivity contribution >= 4 is 27.0 Å². The smallest absolute Gasteiger partial charge is 0.103 e. The van der Waals surface area contributed by atoms with Gasteiger partial charge in [0.05, 0.1) is 9.99 Å². The second-order valence-electron chi connectivity index (χ2n) is 3.97. The van der Waals surface area contributed by atoms with Crippen molar-refractivity contribution in [3.05, 3.63) is 28.0 Å². The Kier molecular flexibility index (Phi) is 1.71. The Labute approximate surface area is 90.9 Å². The number of hydrogen-bond acceptors (Lipinski definition) is 1. The summed E-state index contributed by atoms with van der Waals surface area (Å²) in [5.74, 6) is 0.724. The Morgan fingerprint density at radius 2 is 2.21 bits per heavy atom. The van der Waals surface area contributed by atoms with E-state index in [1.165, 1.54) is 18.5 Å². The Balaban J connectivity index is 2.25. The van der Waals surface area contributed by atoms with Crippen molar-refractivity contribution in [2.24, 2.45) is 0 Å². The van der Waals surface area contributed by atoms with Crippen LogP contribution in [-0.4, -0.2) is 9.97 Å². The van der Waals surface area contributed by atoms with E-state index in [1.54, 1.807) is 0 Å². The van der Waals surface area contributed by atoms with Crippen LogP contribution >= 0.6 is 15.9 Å². The minimum Gasteiger partial charge on any atom is -0.356 e. The van der Waals surface area contributed by atoms with E-state index in [-0.39, 0.29) is 0 Å². The Hall–Kier alpha value is -0.830. The van der Waals surface area contributed by atoms with E-state index in [0.29, 0.717) is 0 Å². The number of aromatic amines is 1. The lowest BCUT2D eigenvalue weighted by Gasteiger charge is -1.96. The van der Waals surface area contributed by atoms with Gasteiger partial charge in [-0.3, -0.25) is 0 Å². The van der Waals surface area contributed by atoms with Crippen LogP contribution in [0, 0.1) is 6.92 Å². The highest BCUT2D eigenvalue weighted by atomic mass is 79.9. The zero-order valence-corrected chi connectivity index (χ0v) is 9.56. The molecule has 1 N–H and O–H groups in total. The largest absolute Gasteiger partial charge is 0.356 e. The monoisotopic (exact) mass is 250 g/mol. The first-order chi connectivity index (χ1) is 6.75. The third kappa shape index (κ3) is 1.19. The maximum absolute atomic E-state index is 4.68. The van der Waals surface area contributed by atoms with E-state index in [1.807, 2.05) is 0 Å². The van der Waals surface area contributed by atoms with Crippen LogP contribution in [0.25, 0.3) is 11.0 Å². The second-order valence-corrected chi connectivity index (χ2v) is 4.76. The second kappa shape index (κ2) is 2.83. The minimum absolute atomic E-state index is 0.724. The zero-order chi connectivity index (χ0) is 9.71. The number of nitrogens with zero attached hydrogens (tertiary/aromatic N) is 1. The van der Waals surface area contributed by atoms with Gasteiger partial charge in [-0.15, -0.1) is 0 Å². The van der Waals surface area contributed by atoms with Crippen LogP contribution in [0.2, 0.25) is 0 Å². The highest BCUT2D eigenvalue weighted by Crippen LogP contribution is 2.40. The van der Waals surface area contributed by atoms with Crippen LogP contribution in [0.5, 0.6) is 0 Å². The van der Waals surface area contributed by atoms with Gasteiger partial charge in [-0.25, -0.2) is 4.98 Å². The van der Waals surface area contributed by atoms with Crippen LogP contribution in [0.4, 0.5) is 0 Å². The van der Waals surface area contributed by atoms with E-state index in [2.05, 4.69) is 45.0 Å². The van der Waals surface area contributed by atoms with Crippen molar-refractivity contribution in [3.8, 4) is 0 Å². The first kappa shape index (κ1) is 8.48. The number of hydrogen-bond donors (Lipinski definition) is 1. The summed E-state index contributed by atoms with van der Waals surface area (Å²) in [6, 6.07) is 4.27. The molecule has 1 aliphatic rings. The number of halogens is 1. The number of pyridine rings is 1. The van der Waals surface area contributed by atoms with Crippen LogP contribution < -0.4 is 0 Å². The lowest BCUT2D eigenvalue weighted by molar-refractivity contribution is 1.04. The molecule has 3 rings (SSSR count). The highest BCUT2D eigenvalue weighted by molar-refractivity contribution is 9.10. The molecule has 1 aliphatic carbocycles. The van der Waals surface area contributed by atoms with Gasteiger partial charge in [0.25, 0.3) is 0 Å². The Morgan fingerprint density at radius 1 is 1.43 bits per heavy atom. The fraction of sp³-hybridized carbons (Fsp3) is 0.364. The summed E-state index contributed by atoms with van der Waals surface area (Å²) in [6.07, 6.45) is 2.61. The van der Waals surface area contributed by atoms with Gasteiger partial charge < -0.3 is 4.98 Å². The van der Waals surface area contributed by atoms with Gasteiger partial charge in [0, 0.05) is 17.3 Å². The van der Waals surface area contributed by atoms with Gasteiger partial charge in [0.1, 0.15) is 5.52 Å². The number of fused-ring (bicyclic) bond motifs is 1. The average Bonchev–Trinajstić information content (AvgIpc) is 2.97. The molecule has 0 amide bonds. The van der Waals surface area contributed by atoms with Gasteiger partial charge in [0.2, 0.25) is 0 Å². The minimum atomic E-state index is 0.724. The van der Waals surface area contributed by atoms with E-state index >= 15 is 0 Å². The maximum Gasteiger partial charge on any atom is 0.103 e. The number of aryl methyl sites for hydroxylation is 1. The molecule has 2 nitrogen and oxygen atoms in total. The van der Waals surface area contributed by atoms with E-state index in [9.17, 15) is 0 Å². The lowest BCUT2D eigenvalue weighted by Crippen LogP contribution is -1.85. The molecule has 0 unspecified atom stereocenters. The van der Waals surface area contributed by atoms with Gasteiger partial charge in [0.15, 0.2) is 0 Å². The lowest BCUT2D eigenvalue weighted by atomic mass is 10.2. The summed E-state index contributed by atoms with van der Waals surface area (Å²) >= 11 is 3.56. The molecule has 2 aromatic rings. The van der Waals surface area contributed by atoms with Crippen LogP contribution in [-0.2, 0) is 0 Å². The number of rotatable bonds is 1. The average molecular weight is 251 g/mol. The summed E-state index contributed by atoms with van der Waals surface area (Å²) < 4.78 is 1.11. The number of aromatic nitrogens is 2. The van der Waals surface area contributed by atoms with Gasteiger partial charge >= 0.3 is 0 Å². The molecule has 0 atom stereocenters. The molecule has 0 aliphatic heterocycles. The fourth-order valence-corrected chi connectivity index (χ4v) is 2.18. The first-order valence-corrected chi connectivity index (χ1v) is 5.70. The summed E-state index contributed by atoms with van der Waals surface area (Å²) in [5.41, 5.74) is 4.60. The molecule has 1 saturated carbocycles.